The Morgan fingerprint density at radius 1 is 1.42 bits per heavy atom. The zero-order chi connectivity index (χ0) is 13.4. The molecular formula is C13H13N3O3. The summed E-state index contributed by atoms with van der Waals surface area (Å²) in [5, 5.41) is 22.8. The summed E-state index contributed by atoms with van der Waals surface area (Å²) in [6.07, 6.45) is 0.978. The van der Waals surface area contributed by atoms with Gasteiger partial charge >= 0.3 is 5.97 Å². The second-order valence-corrected chi connectivity index (χ2v) is 4.65. The summed E-state index contributed by atoms with van der Waals surface area (Å²) in [6.45, 7) is 0.568. The SMILES string of the molecule is O=C(O)C1CCn2nc(-c3cccc(O)c3)nc2C1. The van der Waals surface area contributed by atoms with E-state index in [-0.39, 0.29) is 11.7 Å². The van der Waals surface area contributed by atoms with Gasteiger partial charge in [0.25, 0.3) is 0 Å². The number of aryl methyl sites for hydroxylation is 1. The molecule has 1 aromatic heterocycles. The molecule has 0 saturated carbocycles. The highest BCUT2D eigenvalue weighted by Gasteiger charge is 2.26. The molecular weight excluding hydrogens is 246 g/mol. The Labute approximate surface area is 109 Å². The van der Waals surface area contributed by atoms with Gasteiger partial charge in [-0.2, -0.15) is 5.10 Å². The molecule has 0 fully saturated rings. The molecule has 0 radical (unpaired) electrons. The van der Waals surface area contributed by atoms with Crippen molar-refractivity contribution in [2.75, 3.05) is 0 Å². The van der Waals surface area contributed by atoms with E-state index in [9.17, 15) is 9.90 Å². The van der Waals surface area contributed by atoms with Crippen LogP contribution < -0.4 is 0 Å². The van der Waals surface area contributed by atoms with Gasteiger partial charge in [0.1, 0.15) is 11.6 Å². The van der Waals surface area contributed by atoms with Crippen LogP contribution in [0.1, 0.15) is 12.2 Å². The lowest BCUT2D eigenvalue weighted by molar-refractivity contribution is -0.142. The molecule has 3 rings (SSSR count). The summed E-state index contributed by atoms with van der Waals surface area (Å²) in [5.41, 5.74) is 0.730. The first-order valence-electron chi connectivity index (χ1n) is 6.09. The lowest BCUT2D eigenvalue weighted by atomic mass is 9.98. The van der Waals surface area contributed by atoms with Gasteiger partial charge < -0.3 is 10.2 Å². The Kier molecular flexibility index (Phi) is 2.70. The third-order valence-corrected chi connectivity index (χ3v) is 3.32. The van der Waals surface area contributed by atoms with E-state index in [1.54, 1.807) is 22.9 Å². The molecule has 1 atom stereocenters. The summed E-state index contributed by atoms with van der Waals surface area (Å²) in [6, 6.07) is 6.72. The van der Waals surface area contributed by atoms with Gasteiger partial charge in [0.2, 0.25) is 0 Å². The number of rotatable bonds is 2. The molecule has 0 saturated heterocycles. The number of aliphatic carboxylic acids is 1. The third kappa shape index (κ3) is 2.16. The number of nitrogens with zero attached hydrogens (tertiary/aromatic N) is 3. The first-order chi connectivity index (χ1) is 9.13. The molecule has 0 aliphatic carbocycles. The summed E-state index contributed by atoms with van der Waals surface area (Å²) in [4.78, 5) is 15.4. The van der Waals surface area contributed by atoms with E-state index in [0.29, 0.717) is 31.0 Å². The molecule has 2 heterocycles. The Morgan fingerprint density at radius 3 is 3.00 bits per heavy atom. The summed E-state index contributed by atoms with van der Waals surface area (Å²) >= 11 is 0. The number of carbonyl (C=O) groups is 1. The number of carboxylic acids is 1. The van der Waals surface area contributed by atoms with Crippen LogP contribution in [0.5, 0.6) is 5.75 Å². The van der Waals surface area contributed by atoms with Crippen LogP contribution in [0, 0.1) is 5.92 Å². The van der Waals surface area contributed by atoms with Crippen LogP contribution in [-0.4, -0.2) is 30.9 Å². The van der Waals surface area contributed by atoms with Gasteiger partial charge in [-0.05, 0) is 18.6 Å². The Hall–Kier alpha value is -2.37. The number of fused-ring (bicyclic) bond motifs is 1. The van der Waals surface area contributed by atoms with Crippen molar-refractivity contribution in [2.45, 2.75) is 19.4 Å². The van der Waals surface area contributed by atoms with Crippen molar-refractivity contribution in [1.29, 1.82) is 0 Å². The van der Waals surface area contributed by atoms with Crippen LogP contribution in [0.3, 0.4) is 0 Å². The fourth-order valence-corrected chi connectivity index (χ4v) is 2.28. The second kappa shape index (κ2) is 4.38. The van der Waals surface area contributed by atoms with E-state index < -0.39 is 5.97 Å². The molecule has 2 N–H and O–H groups in total. The minimum atomic E-state index is -0.784. The lowest BCUT2D eigenvalue weighted by Gasteiger charge is -2.17. The van der Waals surface area contributed by atoms with Crippen LogP contribution in [0.4, 0.5) is 0 Å². The average Bonchev–Trinajstić information content (AvgIpc) is 2.81. The summed E-state index contributed by atoms with van der Waals surface area (Å²) < 4.78 is 1.75. The van der Waals surface area contributed by atoms with Crippen molar-refractivity contribution >= 4 is 5.97 Å². The smallest absolute Gasteiger partial charge is 0.307 e. The quantitative estimate of drug-likeness (QED) is 0.848. The Balaban J connectivity index is 1.93. The normalized spacial score (nSPS) is 18.0. The molecule has 19 heavy (non-hydrogen) atoms. The fourth-order valence-electron chi connectivity index (χ4n) is 2.28. The zero-order valence-corrected chi connectivity index (χ0v) is 10.2. The number of aromatic hydroxyl groups is 1. The molecule has 0 spiro atoms. The second-order valence-electron chi connectivity index (χ2n) is 4.65. The van der Waals surface area contributed by atoms with E-state index in [0.717, 1.165) is 5.56 Å². The average molecular weight is 259 g/mol. The molecule has 6 nitrogen and oxygen atoms in total. The van der Waals surface area contributed by atoms with E-state index in [4.69, 9.17) is 5.11 Å². The van der Waals surface area contributed by atoms with E-state index in [1.165, 1.54) is 0 Å². The maximum atomic E-state index is 11.0. The molecule has 1 aliphatic rings. The molecule has 2 aromatic rings. The van der Waals surface area contributed by atoms with Crippen molar-refractivity contribution in [3.63, 3.8) is 0 Å². The molecule has 0 amide bonds. The Morgan fingerprint density at radius 2 is 2.26 bits per heavy atom. The molecule has 6 heteroatoms. The monoisotopic (exact) mass is 259 g/mol. The maximum Gasteiger partial charge on any atom is 0.307 e. The van der Waals surface area contributed by atoms with Gasteiger partial charge in [-0.3, -0.25) is 4.79 Å². The standard InChI is InChI=1S/C13H13N3O3/c17-10-3-1-2-8(6-10)12-14-11-7-9(13(18)19)4-5-16(11)15-12/h1-3,6,9,17H,4-5,7H2,(H,18,19). The minimum Gasteiger partial charge on any atom is -0.508 e. The van der Waals surface area contributed by atoms with Gasteiger partial charge in [0, 0.05) is 18.5 Å². The highest BCUT2D eigenvalue weighted by atomic mass is 16.4. The predicted molar refractivity (Wildman–Crippen MR) is 66.6 cm³/mol. The van der Waals surface area contributed by atoms with Gasteiger partial charge in [-0.15, -0.1) is 0 Å². The minimum absolute atomic E-state index is 0.161. The topological polar surface area (TPSA) is 88.2 Å². The number of benzene rings is 1. The van der Waals surface area contributed by atoms with Crippen molar-refractivity contribution in [1.82, 2.24) is 14.8 Å². The first kappa shape index (κ1) is 11.7. The molecule has 1 aliphatic heterocycles. The fraction of sp³-hybridized carbons (Fsp3) is 0.308. The molecule has 0 bridgehead atoms. The van der Waals surface area contributed by atoms with Crippen LogP contribution in [0.15, 0.2) is 24.3 Å². The van der Waals surface area contributed by atoms with Crippen LogP contribution in [-0.2, 0) is 17.8 Å². The highest BCUT2D eigenvalue weighted by molar-refractivity contribution is 5.70. The van der Waals surface area contributed by atoms with Gasteiger partial charge in [0.05, 0.1) is 5.92 Å². The van der Waals surface area contributed by atoms with Crippen molar-refractivity contribution in [3.05, 3.63) is 30.1 Å². The zero-order valence-electron chi connectivity index (χ0n) is 10.2. The van der Waals surface area contributed by atoms with Crippen molar-refractivity contribution in [3.8, 4) is 17.1 Å². The third-order valence-electron chi connectivity index (χ3n) is 3.32. The number of aromatic nitrogens is 3. The van der Waals surface area contributed by atoms with Crippen LogP contribution in [0.25, 0.3) is 11.4 Å². The van der Waals surface area contributed by atoms with Gasteiger partial charge in [0.15, 0.2) is 5.82 Å². The maximum absolute atomic E-state index is 11.0. The molecule has 1 aromatic carbocycles. The number of hydrogen-bond donors (Lipinski definition) is 2. The highest BCUT2D eigenvalue weighted by Crippen LogP contribution is 2.24. The van der Waals surface area contributed by atoms with E-state index >= 15 is 0 Å². The summed E-state index contributed by atoms with van der Waals surface area (Å²) in [7, 11) is 0. The van der Waals surface area contributed by atoms with E-state index in [2.05, 4.69) is 10.1 Å². The number of phenolic OH excluding ortho intramolecular Hbond substituents is 1. The number of hydrogen-bond acceptors (Lipinski definition) is 4. The summed E-state index contributed by atoms with van der Waals surface area (Å²) in [5.74, 6) is 0.212. The largest absolute Gasteiger partial charge is 0.508 e. The number of phenols is 1. The number of carboxylic acid groups (broad SMARTS) is 1. The van der Waals surface area contributed by atoms with Gasteiger partial charge in [-0.1, -0.05) is 12.1 Å². The first-order valence-corrected chi connectivity index (χ1v) is 6.09. The van der Waals surface area contributed by atoms with Crippen LogP contribution in [0.2, 0.25) is 0 Å². The van der Waals surface area contributed by atoms with E-state index in [1.807, 2.05) is 6.07 Å². The predicted octanol–water partition coefficient (Wildman–Crippen LogP) is 1.30. The lowest BCUT2D eigenvalue weighted by Crippen LogP contribution is -2.26. The van der Waals surface area contributed by atoms with Crippen LogP contribution >= 0.6 is 0 Å². The van der Waals surface area contributed by atoms with Crippen molar-refractivity contribution < 1.29 is 15.0 Å². The Bertz CT molecular complexity index is 636. The van der Waals surface area contributed by atoms with Gasteiger partial charge in [-0.25, -0.2) is 9.67 Å². The molecule has 98 valence electrons. The molecule has 1 unspecified atom stereocenters. The van der Waals surface area contributed by atoms with Crippen molar-refractivity contribution in [2.24, 2.45) is 5.92 Å².